The lowest BCUT2D eigenvalue weighted by Gasteiger charge is -2.16. The highest BCUT2D eigenvalue weighted by atomic mass is 16.5. The second kappa shape index (κ2) is 3.75. The first-order chi connectivity index (χ1) is 6.75. The summed E-state index contributed by atoms with van der Waals surface area (Å²) in [6, 6.07) is 0.373. The number of nitrogens with zero attached hydrogens (tertiary/aromatic N) is 3. The molecule has 1 aromatic rings. The third-order valence-corrected chi connectivity index (χ3v) is 2.15. The fraction of sp³-hybridized carbons (Fsp3) is 0.625. The van der Waals surface area contributed by atoms with Gasteiger partial charge in [0.2, 0.25) is 5.89 Å². The van der Waals surface area contributed by atoms with Crippen molar-refractivity contribution in [2.75, 3.05) is 6.54 Å². The maximum Gasteiger partial charge on any atom is 0.317 e. The molecule has 1 aliphatic carbocycles. The van der Waals surface area contributed by atoms with Crippen LogP contribution in [0.3, 0.4) is 0 Å². The molecular formula is C8H11N3O3. The van der Waals surface area contributed by atoms with Crippen molar-refractivity contribution in [1.29, 1.82) is 0 Å². The van der Waals surface area contributed by atoms with Crippen LogP contribution in [0.2, 0.25) is 0 Å². The normalized spacial score (nSPS) is 16.1. The number of carbonyl (C=O) groups is 1. The Bertz CT molecular complexity index is 308. The lowest BCUT2D eigenvalue weighted by atomic mass is 10.4. The van der Waals surface area contributed by atoms with E-state index in [2.05, 4.69) is 10.1 Å². The molecule has 0 radical (unpaired) electrons. The van der Waals surface area contributed by atoms with Crippen LogP contribution in [0.25, 0.3) is 0 Å². The Labute approximate surface area is 80.5 Å². The van der Waals surface area contributed by atoms with Crippen LogP contribution < -0.4 is 0 Å². The second-order valence-electron chi connectivity index (χ2n) is 3.36. The zero-order valence-corrected chi connectivity index (χ0v) is 7.59. The number of hydrogen-bond donors (Lipinski definition) is 1. The van der Waals surface area contributed by atoms with Gasteiger partial charge in [-0.25, -0.2) is 0 Å². The summed E-state index contributed by atoms with van der Waals surface area (Å²) < 4.78 is 4.83. The van der Waals surface area contributed by atoms with E-state index in [1.165, 1.54) is 6.33 Å². The van der Waals surface area contributed by atoms with Gasteiger partial charge in [0.1, 0.15) is 0 Å². The van der Waals surface area contributed by atoms with Crippen molar-refractivity contribution in [3.8, 4) is 0 Å². The van der Waals surface area contributed by atoms with Gasteiger partial charge in [0.05, 0.1) is 13.1 Å². The predicted molar refractivity (Wildman–Crippen MR) is 45.4 cm³/mol. The maximum atomic E-state index is 10.6. The van der Waals surface area contributed by atoms with Crippen molar-refractivity contribution in [2.45, 2.75) is 25.4 Å². The van der Waals surface area contributed by atoms with Crippen molar-refractivity contribution in [2.24, 2.45) is 0 Å². The third kappa shape index (κ3) is 2.29. The lowest BCUT2D eigenvalue weighted by molar-refractivity contribution is -0.138. The molecule has 1 aromatic heterocycles. The van der Waals surface area contributed by atoms with Crippen LogP contribution in [0, 0.1) is 0 Å². The minimum absolute atomic E-state index is 0.0348. The van der Waals surface area contributed by atoms with Crippen LogP contribution >= 0.6 is 0 Å². The highest BCUT2D eigenvalue weighted by Gasteiger charge is 2.31. The molecule has 0 atom stereocenters. The Morgan fingerprint density at radius 3 is 3.00 bits per heavy atom. The molecule has 6 nitrogen and oxygen atoms in total. The Kier molecular flexibility index (Phi) is 2.45. The maximum absolute atomic E-state index is 10.6. The van der Waals surface area contributed by atoms with Gasteiger partial charge in [-0.05, 0) is 12.8 Å². The fourth-order valence-corrected chi connectivity index (χ4v) is 1.37. The Hall–Kier alpha value is -1.43. The minimum atomic E-state index is -0.823. The molecule has 1 N–H and O–H groups in total. The SMILES string of the molecule is O=C(O)CN(Cc1ncno1)C1CC1. The van der Waals surface area contributed by atoms with Gasteiger partial charge in [-0.1, -0.05) is 5.16 Å². The summed E-state index contributed by atoms with van der Waals surface area (Å²) in [5, 5.41) is 12.2. The number of rotatable bonds is 5. The van der Waals surface area contributed by atoms with Crippen LogP contribution in [0.1, 0.15) is 18.7 Å². The molecule has 2 rings (SSSR count). The number of aliphatic carboxylic acids is 1. The van der Waals surface area contributed by atoms with Crippen molar-refractivity contribution in [3.05, 3.63) is 12.2 Å². The Morgan fingerprint density at radius 1 is 1.71 bits per heavy atom. The highest BCUT2D eigenvalue weighted by molar-refractivity contribution is 5.69. The van der Waals surface area contributed by atoms with Crippen LogP contribution in [0.15, 0.2) is 10.9 Å². The summed E-state index contributed by atoms with van der Waals surface area (Å²) >= 11 is 0. The summed E-state index contributed by atoms with van der Waals surface area (Å²) in [5.41, 5.74) is 0. The summed E-state index contributed by atoms with van der Waals surface area (Å²) in [4.78, 5) is 16.3. The Balaban J connectivity index is 1.93. The first-order valence-electron chi connectivity index (χ1n) is 4.47. The molecule has 0 aromatic carbocycles. The molecule has 1 fully saturated rings. The molecule has 0 unspecified atom stereocenters. The zero-order chi connectivity index (χ0) is 9.97. The average molecular weight is 197 g/mol. The second-order valence-corrected chi connectivity index (χ2v) is 3.36. The fourth-order valence-electron chi connectivity index (χ4n) is 1.37. The molecule has 1 aliphatic rings. The molecular weight excluding hydrogens is 186 g/mol. The van der Waals surface area contributed by atoms with E-state index in [9.17, 15) is 4.79 Å². The van der Waals surface area contributed by atoms with Gasteiger partial charge < -0.3 is 9.63 Å². The molecule has 14 heavy (non-hydrogen) atoms. The molecule has 0 amide bonds. The topological polar surface area (TPSA) is 79.5 Å². The van der Waals surface area contributed by atoms with Crippen molar-refractivity contribution < 1.29 is 14.4 Å². The number of aromatic nitrogens is 2. The monoisotopic (exact) mass is 197 g/mol. The standard InChI is InChI=1S/C8H11N3O3/c12-8(13)4-11(6-1-2-6)3-7-9-5-10-14-7/h5-6H,1-4H2,(H,12,13). The predicted octanol–water partition coefficient (Wildman–Crippen LogP) is 0.119. The van der Waals surface area contributed by atoms with Crippen molar-refractivity contribution in [1.82, 2.24) is 15.0 Å². The van der Waals surface area contributed by atoms with E-state index in [1.54, 1.807) is 0 Å². The largest absolute Gasteiger partial charge is 0.480 e. The summed E-state index contributed by atoms with van der Waals surface area (Å²) in [7, 11) is 0. The van der Waals surface area contributed by atoms with Gasteiger partial charge in [0.25, 0.3) is 0 Å². The van der Waals surface area contributed by atoms with E-state index in [0.29, 0.717) is 18.5 Å². The molecule has 0 spiro atoms. The van der Waals surface area contributed by atoms with Crippen molar-refractivity contribution >= 4 is 5.97 Å². The van der Waals surface area contributed by atoms with E-state index in [0.717, 1.165) is 12.8 Å². The lowest BCUT2D eigenvalue weighted by Crippen LogP contribution is -2.31. The summed E-state index contributed by atoms with van der Waals surface area (Å²) in [5.74, 6) is -0.352. The van der Waals surface area contributed by atoms with E-state index < -0.39 is 5.97 Å². The van der Waals surface area contributed by atoms with E-state index in [4.69, 9.17) is 9.63 Å². The molecule has 0 saturated heterocycles. The molecule has 1 saturated carbocycles. The zero-order valence-electron chi connectivity index (χ0n) is 7.59. The first kappa shape index (κ1) is 9.14. The highest BCUT2D eigenvalue weighted by Crippen LogP contribution is 2.27. The van der Waals surface area contributed by atoms with Gasteiger partial charge >= 0.3 is 5.97 Å². The van der Waals surface area contributed by atoms with E-state index >= 15 is 0 Å². The number of carboxylic acids is 1. The van der Waals surface area contributed by atoms with Gasteiger partial charge in [-0.15, -0.1) is 0 Å². The van der Waals surface area contributed by atoms with Crippen LogP contribution in [0.4, 0.5) is 0 Å². The minimum Gasteiger partial charge on any atom is -0.480 e. The third-order valence-electron chi connectivity index (χ3n) is 2.15. The van der Waals surface area contributed by atoms with Gasteiger partial charge in [0.15, 0.2) is 6.33 Å². The quantitative estimate of drug-likeness (QED) is 0.722. The van der Waals surface area contributed by atoms with Crippen LogP contribution in [-0.2, 0) is 11.3 Å². The van der Waals surface area contributed by atoms with Crippen molar-refractivity contribution in [3.63, 3.8) is 0 Å². The van der Waals surface area contributed by atoms with E-state index in [1.807, 2.05) is 4.90 Å². The molecule has 6 heteroatoms. The molecule has 0 bridgehead atoms. The van der Waals surface area contributed by atoms with E-state index in [-0.39, 0.29) is 6.54 Å². The molecule has 1 heterocycles. The van der Waals surface area contributed by atoms with Crippen LogP contribution in [0.5, 0.6) is 0 Å². The molecule has 0 aliphatic heterocycles. The summed E-state index contributed by atoms with van der Waals surface area (Å²) in [6.45, 7) is 0.462. The number of hydrogen-bond acceptors (Lipinski definition) is 5. The Morgan fingerprint density at radius 2 is 2.50 bits per heavy atom. The van der Waals surface area contributed by atoms with Gasteiger partial charge in [0, 0.05) is 6.04 Å². The first-order valence-corrected chi connectivity index (χ1v) is 4.47. The molecule has 76 valence electrons. The van der Waals surface area contributed by atoms with Gasteiger partial charge in [-0.2, -0.15) is 4.98 Å². The smallest absolute Gasteiger partial charge is 0.317 e. The average Bonchev–Trinajstić information content (AvgIpc) is 2.85. The summed E-state index contributed by atoms with van der Waals surface area (Å²) in [6.07, 6.45) is 3.43. The van der Waals surface area contributed by atoms with Gasteiger partial charge in [-0.3, -0.25) is 9.69 Å². The number of carboxylic acid groups (broad SMARTS) is 1. The van der Waals surface area contributed by atoms with Crippen LogP contribution in [-0.4, -0.2) is 38.7 Å².